The fraction of sp³-hybridized carbons (Fsp3) is 1.00. The Bertz CT molecular complexity index is 217. The van der Waals surface area contributed by atoms with E-state index in [0.29, 0.717) is 5.92 Å². The summed E-state index contributed by atoms with van der Waals surface area (Å²) in [7, 11) is 0. The minimum absolute atomic E-state index is 0.676. The van der Waals surface area contributed by atoms with Gasteiger partial charge >= 0.3 is 0 Å². The van der Waals surface area contributed by atoms with E-state index in [2.05, 4.69) is 19.2 Å². The Kier molecular flexibility index (Phi) is 3.91. The lowest BCUT2D eigenvalue weighted by molar-refractivity contribution is 0.351. The molecule has 0 heterocycles. The topological polar surface area (TPSA) is 38.0 Å². The lowest BCUT2D eigenvalue weighted by Crippen LogP contribution is -2.33. The zero-order chi connectivity index (χ0) is 11.6. The first-order chi connectivity index (χ1) is 7.66. The average molecular weight is 224 g/mol. The number of nitrogens with one attached hydrogen (secondary N) is 1. The van der Waals surface area contributed by atoms with Crippen LogP contribution in [0.3, 0.4) is 0 Å². The lowest BCUT2D eigenvalue weighted by Gasteiger charge is -2.20. The number of rotatable bonds is 8. The van der Waals surface area contributed by atoms with E-state index in [-0.39, 0.29) is 0 Å². The van der Waals surface area contributed by atoms with Crippen LogP contribution in [-0.4, -0.2) is 19.6 Å². The van der Waals surface area contributed by atoms with E-state index in [1.165, 1.54) is 38.6 Å². The molecule has 0 spiro atoms. The molecule has 0 aromatic rings. The molecular formula is C14H28N2. The number of hydrogen-bond acceptors (Lipinski definition) is 2. The van der Waals surface area contributed by atoms with Crippen molar-refractivity contribution in [3.63, 3.8) is 0 Å². The van der Waals surface area contributed by atoms with Crippen LogP contribution in [0, 0.1) is 23.2 Å². The maximum Gasteiger partial charge on any atom is 0.00106 e. The number of hydrogen-bond donors (Lipinski definition) is 2. The minimum Gasteiger partial charge on any atom is -0.330 e. The van der Waals surface area contributed by atoms with Crippen LogP contribution in [0.4, 0.5) is 0 Å². The molecular weight excluding hydrogens is 196 g/mol. The van der Waals surface area contributed by atoms with Crippen LogP contribution in [-0.2, 0) is 0 Å². The quantitative estimate of drug-likeness (QED) is 0.664. The minimum atomic E-state index is 0.676. The lowest BCUT2D eigenvalue weighted by atomic mass is 9.96. The van der Waals surface area contributed by atoms with Gasteiger partial charge in [-0.2, -0.15) is 0 Å². The summed E-state index contributed by atoms with van der Waals surface area (Å²) in [6, 6.07) is 0. The van der Waals surface area contributed by atoms with E-state index in [0.717, 1.165) is 30.3 Å². The zero-order valence-electron chi connectivity index (χ0n) is 11.0. The third-order valence-electron chi connectivity index (χ3n) is 4.38. The van der Waals surface area contributed by atoms with Gasteiger partial charge in [-0.1, -0.05) is 13.8 Å². The highest BCUT2D eigenvalue weighted by molar-refractivity contribution is 5.05. The summed E-state index contributed by atoms with van der Waals surface area (Å²) in [6.45, 7) is 7.79. The Labute approximate surface area is 100 Å². The van der Waals surface area contributed by atoms with Crippen LogP contribution in [0.5, 0.6) is 0 Å². The summed E-state index contributed by atoms with van der Waals surface area (Å²) in [5.41, 5.74) is 6.55. The van der Waals surface area contributed by atoms with Crippen molar-refractivity contribution in [1.29, 1.82) is 0 Å². The van der Waals surface area contributed by atoms with Crippen molar-refractivity contribution in [2.45, 2.75) is 46.0 Å². The fourth-order valence-corrected chi connectivity index (χ4v) is 3.04. The van der Waals surface area contributed by atoms with Crippen LogP contribution in [0.1, 0.15) is 46.0 Å². The Hall–Kier alpha value is -0.0800. The molecule has 2 fully saturated rings. The molecule has 16 heavy (non-hydrogen) atoms. The van der Waals surface area contributed by atoms with Crippen molar-refractivity contribution in [3.05, 3.63) is 0 Å². The molecule has 2 saturated carbocycles. The Balaban J connectivity index is 1.62. The zero-order valence-corrected chi connectivity index (χ0v) is 11.0. The fourth-order valence-electron chi connectivity index (χ4n) is 3.04. The van der Waals surface area contributed by atoms with Crippen LogP contribution in [0.15, 0.2) is 0 Å². The van der Waals surface area contributed by atoms with Crippen molar-refractivity contribution in [2.24, 2.45) is 28.9 Å². The summed E-state index contributed by atoms with van der Waals surface area (Å²) in [5, 5.41) is 3.69. The van der Waals surface area contributed by atoms with Crippen molar-refractivity contribution >= 4 is 0 Å². The van der Waals surface area contributed by atoms with Gasteiger partial charge < -0.3 is 11.1 Å². The van der Waals surface area contributed by atoms with Gasteiger partial charge in [0, 0.05) is 6.54 Å². The molecule has 0 radical (unpaired) electrons. The van der Waals surface area contributed by atoms with Crippen molar-refractivity contribution in [3.8, 4) is 0 Å². The second-order valence-corrected chi connectivity index (χ2v) is 6.50. The van der Waals surface area contributed by atoms with E-state index in [9.17, 15) is 0 Å². The largest absolute Gasteiger partial charge is 0.330 e. The molecule has 0 amide bonds. The van der Waals surface area contributed by atoms with E-state index in [1.54, 1.807) is 0 Å². The maximum atomic E-state index is 5.82. The third-order valence-corrected chi connectivity index (χ3v) is 4.38. The molecule has 1 unspecified atom stereocenters. The first-order valence-electron chi connectivity index (χ1n) is 7.07. The highest BCUT2D eigenvalue weighted by Gasteiger charge is 2.53. The predicted octanol–water partition coefficient (Wildman–Crippen LogP) is 2.39. The second kappa shape index (κ2) is 5.05. The van der Waals surface area contributed by atoms with Gasteiger partial charge in [0.05, 0.1) is 0 Å². The molecule has 3 N–H and O–H groups in total. The maximum absolute atomic E-state index is 5.82. The molecule has 1 atom stereocenters. The van der Waals surface area contributed by atoms with Gasteiger partial charge in [0.15, 0.2) is 0 Å². The molecule has 2 rings (SSSR count). The normalized spacial score (nSPS) is 24.8. The molecule has 94 valence electrons. The van der Waals surface area contributed by atoms with Crippen LogP contribution >= 0.6 is 0 Å². The Morgan fingerprint density at radius 1 is 1.31 bits per heavy atom. The molecule has 0 bridgehead atoms. The molecule has 0 saturated heterocycles. The van der Waals surface area contributed by atoms with Gasteiger partial charge in [0.1, 0.15) is 0 Å². The highest BCUT2D eigenvalue weighted by atomic mass is 14.9. The Morgan fingerprint density at radius 2 is 2.00 bits per heavy atom. The van der Waals surface area contributed by atoms with Crippen molar-refractivity contribution in [2.75, 3.05) is 19.6 Å². The van der Waals surface area contributed by atoms with Crippen LogP contribution in [0.25, 0.3) is 0 Å². The molecule has 0 aromatic carbocycles. The van der Waals surface area contributed by atoms with Crippen LogP contribution < -0.4 is 11.1 Å². The summed E-state index contributed by atoms with van der Waals surface area (Å²) in [4.78, 5) is 0. The summed E-state index contributed by atoms with van der Waals surface area (Å²) in [6.07, 6.45) is 7.20. The standard InChI is InChI=1S/C14H28N2/c1-11(2)7-12(8-15)9-16-10-14(5-6-14)13-3-4-13/h11-13,16H,3-10,15H2,1-2H3. The van der Waals surface area contributed by atoms with Gasteiger partial charge in [0.25, 0.3) is 0 Å². The van der Waals surface area contributed by atoms with E-state index in [1.807, 2.05) is 0 Å². The smallest absolute Gasteiger partial charge is 0.00106 e. The third kappa shape index (κ3) is 3.21. The van der Waals surface area contributed by atoms with Crippen molar-refractivity contribution in [1.82, 2.24) is 5.32 Å². The molecule has 0 aromatic heterocycles. The molecule has 2 nitrogen and oxygen atoms in total. The second-order valence-electron chi connectivity index (χ2n) is 6.50. The molecule has 0 aliphatic heterocycles. The van der Waals surface area contributed by atoms with Gasteiger partial charge in [-0.3, -0.25) is 0 Å². The predicted molar refractivity (Wildman–Crippen MR) is 69.3 cm³/mol. The molecule has 2 aliphatic rings. The van der Waals surface area contributed by atoms with E-state index in [4.69, 9.17) is 5.73 Å². The van der Waals surface area contributed by atoms with Gasteiger partial charge in [-0.05, 0) is 68.4 Å². The molecule has 2 heteroatoms. The monoisotopic (exact) mass is 224 g/mol. The average Bonchev–Trinajstić information content (AvgIpc) is 3.07. The molecule has 2 aliphatic carbocycles. The Morgan fingerprint density at radius 3 is 2.44 bits per heavy atom. The summed E-state index contributed by atoms with van der Waals surface area (Å²) in [5.74, 6) is 2.52. The summed E-state index contributed by atoms with van der Waals surface area (Å²) < 4.78 is 0. The number of nitrogens with two attached hydrogens (primary N) is 1. The first kappa shape index (κ1) is 12.4. The van der Waals surface area contributed by atoms with E-state index >= 15 is 0 Å². The highest BCUT2D eigenvalue weighted by Crippen LogP contribution is 2.60. The van der Waals surface area contributed by atoms with Gasteiger partial charge in [-0.25, -0.2) is 0 Å². The summed E-state index contributed by atoms with van der Waals surface area (Å²) >= 11 is 0. The van der Waals surface area contributed by atoms with Gasteiger partial charge in [-0.15, -0.1) is 0 Å². The first-order valence-corrected chi connectivity index (χ1v) is 7.07. The van der Waals surface area contributed by atoms with Gasteiger partial charge in [0.2, 0.25) is 0 Å². The SMILES string of the molecule is CC(C)CC(CN)CNCC1(C2CC2)CC1. The van der Waals surface area contributed by atoms with E-state index < -0.39 is 0 Å². The van der Waals surface area contributed by atoms with Crippen LogP contribution in [0.2, 0.25) is 0 Å². The van der Waals surface area contributed by atoms with Crippen molar-refractivity contribution < 1.29 is 0 Å².